The maximum absolute atomic E-state index is 13.3. The van der Waals surface area contributed by atoms with Crippen molar-refractivity contribution in [3.05, 3.63) is 84.2 Å². The van der Waals surface area contributed by atoms with Crippen LogP contribution in [0.25, 0.3) is 0 Å². The first-order chi connectivity index (χ1) is 16.1. The molecule has 5 rings (SSSR count). The van der Waals surface area contributed by atoms with Gasteiger partial charge in [0.2, 0.25) is 5.91 Å². The van der Waals surface area contributed by atoms with Crippen LogP contribution in [-0.2, 0) is 4.79 Å². The third-order valence-electron chi connectivity index (χ3n) is 6.84. The van der Waals surface area contributed by atoms with E-state index in [4.69, 9.17) is 4.74 Å². The van der Waals surface area contributed by atoms with Crippen LogP contribution in [0, 0.1) is 5.41 Å². The van der Waals surface area contributed by atoms with E-state index < -0.39 is 0 Å². The molecule has 0 saturated carbocycles. The number of ether oxygens (including phenoxy) is 1. The summed E-state index contributed by atoms with van der Waals surface area (Å²) in [6.07, 6.45) is 5.33. The zero-order chi connectivity index (χ0) is 22.7. The summed E-state index contributed by atoms with van der Waals surface area (Å²) in [6.45, 7) is 1.91. The summed E-state index contributed by atoms with van der Waals surface area (Å²) in [6, 6.07) is 19.5. The van der Waals surface area contributed by atoms with Crippen molar-refractivity contribution in [2.45, 2.75) is 25.2 Å². The van der Waals surface area contributed by atoms with Crippen LogP contribution in [0.3, 0.4) is 0 Å². The number of hydrogen-bond donors (Lipinski definition) is 1. The van der Waals surface area contributed by atoms with Crippen LogP contribution in [-0.4, -0.2) is 46.3 Å². The molecule has 2 fully saturated rings. The van der Waals surface area contributed by atoms with Crippen LogP contribution in [0.4, 0.5) is 0 Å². The van der Waals surface area contributed by atoms with Gasteiger partial charge in [-0.15, -0.1) is 0 Å². The van der Waals surface area contributed by atoms with Crippen LogP contribution in [0.2, 0.25) is 0 Å². The van der Waals surface area contributed by atoms with Crippen molar-refractivity contribution in [1.82, 2.24) is 20.2 Å². The van der Waals surface area contributed by atoms with Crippen molar-refractivity contribution in [1.29, 1.82) is 0 Å². The smallest absolute Gasteiger partial charge is 0.321 e. The van der Waals surface area contributed by atoms with Gasteiger partial charge >= 0.3 is 6.01 Å². The molecular weight excluding hydrogens is 416 g/mol. The number of nitrogens with one attached hydrogen (secondary N) is 1. The zero-order valence-electron chi connectivity index (χ0n) is 18.3. The van der Waals surface area contributed by atoms with Gasteiger partial charge < -0.3 is 15.0 Å². The van der Waals surface area contributed by atoms with E-state index in [0.29, 0.717) is 37.4 Å². The molecule has 7 heteroatoms. The number of carbonyl (C=O) groups is 2. The molecule has 7 nitrogen and oxygen atoms in total. The molecule has 2 aromatic carbocycles. The standard InChI is InChI=1S/C26H26N4O3/c31-23-17-26(22(18-29-23)19-6-2-1-3-7-19)10-14-30(15-11-26)24(32)20-8-4-9-21(16-20)33-25-27-12-5-13-28-25/h1-9,12-13,16,22H,10-11,14-15,17-18H2,(H,29,31)/t22-/m1/s1. The lowest BCUT2D eigenvalue weighted by Crippen LogP contribution is -2.52. The summed E-state index contributed by atoms with van der Waals surface area (Å²) < 4.78 is 5.68. The molecule has 1 spiro atoms. The number of benzene rings is 2. The molecule has 1 aromatic heterocycles. The Hall–Kier alpha value is -3.74. The van der Waals surface area contributed by atoms with E-state index in [1.165, 1.54) is 5.56 Å². The highest BCUT2D eigenvalue weighted by Gasteiger charge is 2.46. The Morgan fingerprint density at radius 1 is 1.00 bits per heavy atom. The molecule has 2 saturated heterocycles. The Labute approximate surface area is 192 Å². The van der Waals surface area contributed by atoms with E-state index in [9.17, 15) is 9.59 Å². The van der Waals surface area contributed by atoms with Crippen LogP contribution < -0.4 is 10.1 Å². The summed E-state index contributed by atoms with van der Waals surface area (Å²) in [5.41, 5.74) is 1.71. The third-order valence-corrected chi connectivity index (χ3v) is 6.84. The molecular formula is C26H26N4O3. The number of likely N-dealkylation sites (tertiary alicyclic amines) is 1. The minimum atomic E-state index is -0.115. The fraction of sp³-hybridized carbons (Fsp3) is 0.308. The Morgan fingerprint density at radius 2 is 1.76 bits per heavy atom. The van der Waals surface area contributed by atoms with Gasteiger partial charge in [0.15, 0.2) is 0 Å². The third kappa shape index (κ3) is 4.44. The monoisotopic (exact) mass is 442 g/mol. The molecule has 0 aliphatic carbocycles. The predicted molar refractivity (Wildman–Crippen MR) is 123 cm³/mol. The van der Waals surface area contributed by atoms with Gasteiger partial charge in [-0.2, -0.15) is 0 Å². The Bertz CT molecular complexity index is 1130. The highest BCUT2D eigenvalue weighted by Crippen LogP contribution is 2.48. The molecule has 0 bridgehead atoms. The largest absolute Gasteiger partial charge is 0.424 e. The highest BCUT2D eigenvalue weighted by atomic mass is 16.5. The summed E-state index contributed by atoms with van der Waals surface area (Å²) in [5.74, 6) is 0.862. The normalized spacial score (nSPS) is 19.7. The van der Waals surface area contributed by atoms with Crippen molar-refractivity contribution in [3.63, 3.8) is 0 Å². The molecule has 33 heavy (non-hydrogen) atoms. The topological polar surface area (TPSA) is 84.4 Å². The fourth-order valence-corrected chi connectivity index (χ4v) is 5.09. The van der Waals surface area contributed by atoms with Gasteiger partial charge in [0.25, 0.3) is 5.91 Å². The van der Waals surface area contributed by atoms with E-state index in [1.54, 1.807) is 42.7 Å². The Morgan fingerprint density at radius 3 is 2.52 bits per heavy atom. The lowest BCUT2D eigenvalue weighted by molar-refractivity contribution is -0.127. The number of hydrogen-bond acceptors (Lipinski definition) is 5. The van der Waals surface area contributed by atoms with E-state index in [-0.39, 0.29) is 29.2 Å². The molecule has 1 atom stereocenters. The first-order valence-corrected chi connectivity index (χ1v) is 11.3. The number of piperidine rings is 2. The SMILES string of the molecule is O=C1CC2(CCN(C(=O)c3cccc(Oc4ncccn4)c3)CC2)[C@@H](c2ccccc2)CN1. The number of aromatic nitrogens is 2. The number of rotatable bonds is 4. The lowest BCUT2D eigenvalue weighted by Gasteiger charge is -2.49. The minimum absolute atomic E-state index is 0.0270. The molecule has 0 radical (unpaired) electrons. The second kappa shape index (κ2) is 9.02. The Kier molecular flexibility index (Phi) is 5.77. The molecule has 168 valence electrons. The number of carbonyl (C=O) groups excluding carboxylic acids is 2. The van der Waals surface area contributed by atoms with Gasteiger partial charge in [-0.1, -0.05) is 36.4 Å². The van der Waals surface area contributed by atoms with Gasteiger partial charge in [0.1, 0.15) is 5.75 Å². The number of amides is 2. The molecule has 3 heterocycles. The van der Waals surface area contributed by atoms with Crippen LogP contribution in [0.1, 0.15) is 41.1 Å². The minimum Gasteiger partial charge on any atom is -0.424 e. The van der Waals surface area contributed by atoms with Crippen LogP contribution in [0.5, 0.6) is 11.8 Å². The first-order valence-electron chi connectivity index (χ1n) is 11.3. The molecule has 0 unspecified atom stereocenters. The molecule has 2 aliphatic rings. The molecule has 3 aromatic rings. The van der Waals surface area contributed by atoms with Gasteiger partial charge in [-0.25, -0.2) is 9.97 Å². The van der Waals surface area contributed by atoms with Gasteiger partial charge in [0, 0.05) is 49.9 Å². The summed E-state index contributed by atoms with van der Waals surface area (Å²) in [4.78, 5) is 35.6. The summed E-state index contributed by atoms with van der Waals surface area (Å²) >= 11 is 0. The second-order valence-electron chi connectivity index (χ2n) is 8.76. The predicted octanol–water partition coefficient (Wildman–Crippen LogP) is 3.80. The Balaban J connectivity index is 1.30. The molecule has 1 N–H and O–H groups in total. The van der Waals surface area contributed by atoms with Gasteiger partial charge in [-0.05, 0) is 48.1 Å². The van der Waals surface area contributed by atoms with Crippen LogP contribution >= 0.6 is 0 Å². The number of nitrogens with zero attached hydrogens (tertiary/aromatic N) is 3. The van der Waals surface area contributed by atoms with Gasteiger partial charge in [-0.3, -0.25) is 9.59 Å². The van der Waals surface area contributed by atoms with Crippen molar-refractivity contribution in [2.75, 3.05) is 19.6 Å². The summed E-state index contributed by atoms with van der Waals surface area (Å²) in [7, 11) is 0. The average molecular weight is 443 g/mol. The van der Waals surface area contributed by atoms with Crippen molar-refractivity contribution >= 4 is 11.8 Å². The van der Waals surface area contributed by atoms with Crippen LogP contribution in [0.15, 0.2) is 73.1 Å². The molecule has 2 aliphatic heterocycles. The maximum Gasteiger partial charge on any atom is 0.321 e. The maximum atomic E-state index is 13.3. The van der Waals surface area contributed by atoms with Crippen molar-refractivity contribution in [3.8, 4) is 11.8 Å². The van der Waals surface area contributed by atoms with E-state index >= 15 is 0 Å². The fourth-order valence-electron chi connectivity index (χ4n) is 5.09. The zero-order valence-corrected chi connectivity index (χ0v) is 18.3. The average Bonchev–Trinajstić information content (AvgIpc) is 2.85. The quantitative estimate of drug-likeness (QED) is 0.665. The van der Waals surface area contributed by atoms with E-state index in [1.807, 2.05) is 23.1 Å². The van der Waals surface area contributed by atoms with E-state index in [0.717, 1.165) is 12.8 Å². The lowest BCUT2D eigenvalue weighted by atomic mass is 9.62. The van der Waals surface area contributed by atoms with E-state index in [2.05, 4.69) is 27.4 Å². The highest BCUT2D eigenvalue weighted by molar-refractivity contribution is 5.94. The van der Waals surface area contributed by atoms with Crippen molar-refractivity contribution < 1.29 is 14.3 Å². The first kappa shape index (κ1) is 21.1. The summed E-state index contributed by atoms with van der Waals surface area (Å²) in [5, 5.41) is 3.04. The molecule has 2 amide bonds. The van der Waals surface area contributed by atoms with Crippen molar-refractivity contribution in [2.24, 2.45) is 5.41 Å². The second-order valence-corrected chi connectivity index (χ2v) is 8.76. The van der Waals surface area contributed by atoms with Gasteiger partial charge in [0.05, 0.1) is 0 Å².